The number of rotatable bonds is 6. The molecule has 2 nitrogen and oxygen atoms in total. The van der Waals surface area contributed by atoms with Crippen LogP contribution in [0.15, 0.2) is 0 Å². The van der Waals surface area contributed by atoms with Gasteiger partial charge in [0.25, 0.3) is 0 Å². The highest BCUT2D eigenvalue weighted by atomic mass is 16.6. The van der Waals surface area contributed by atoms with E-state index in [0.29, 0.717) is 46.7 Å². The van der Waals surface area contributed by atoms with Crippen molar-refractivity contribution in [1.29, 1.82) is 0 Å². The van der Waals surface area contributed by atoms with E-state index in [-0.39, 0.29) is 0 Å². The second-order valence-corrected chi connectivity index (χ2v) is 9.26. The van der Waals surface area contributed by atoms with Crippen molar-refractivity contribution >= 4 is 0 Å². The third kappa shape index (κ3) is 2.98. The lowest BCUT2D eigenvalue weighted by Gasteiger charge is -2.48. The molecular formula is C20H38O2. The Bertz CT molecular complexity index is 374. The van der Waals surface area contributed by atoms with Gasteiger partial charge in [-0.3, -0.25) is 0 Å². The molecule has 2 aliphatic heterocycles. The van der Waals surface area contributed by atoms with E-state index in [9.17, 15) is 0 Å². The molecule has 2 fully saturated rings. The first-order valence-corrected chi connectivity index (χ1v) is 9.37. The molecule has 2 aliphatic rings. The zero-order valence-corrected chi connectivity index (χ0v) is 16.1. The van der Waals surface area contributed by atoms with Crippen LogP contribution in [0.25, 0.3) is 0 Å². The first kappa shape index (κ1) is 18.3. The third-order valence-electron chi connectivity index (χ3n) is 7.54. The van der Waals surface area contributed by atoms with Crippen LogP contribution in [-0.4, -0.2) is 25.4 Å². The fourth-order valence-corrected chi connectivity index (χ4v) is 4.49. The lowest BCUT2D eigenvalue weighted by Crippen LogP contribution is -2.42. The van der Waals surface area contributed by atoms with E-state index in [1.807, 2.05) is 0 Å². The fraction of sp³-hybridized carbons (Fsp3) is 1.00. The van der Waals surface area contributed by atoms with Crippen LogP contribution in [-0.2, 0) is 9.47 Å². The van der Waals surface area contributed by atoms with Gasteiger partial charge in [0, 0.05) is 11.8 Å². The first-order chi connectivity index (χ1) is 10.1. The molecule has 22 heavy (non-hydrogen) atoms. The monoisotopic (exact) mass is 310 g/mol. The number of hydrogen-bond donors (Lipinski definition) is 0. The SMILES string of the molecule is CCC(C)(CC1COC2C(C(C)C)COC12)C(C)(C)C(C)C. The van der Waals surface area contributed by atoms with Crippen LogP contribution in [0.1, 0.15) is 68.2 Å². The first-order valence-electron chi connectivity index (χ1n) is 9.37. The Hall–Kier alpha value is -0.0800. The van der Waals surface area contributed by atoms with Gasteiger partial charge < -0.3 is 9.47 Å². The molecule has 0 amide bonds. The van der Waals surface area contributed by atoms with Crippen LogP contribution < -0.4 is 0 Å². The summed E-state index contributed by atoms with van der Waals surface area (Å²) in [7, 11) is 0. The molecule has 0 radical (unpaired) electrons. The molecule has 0 saturated carbocycles. The minimum atomic E-state index is 0.329. The van der Waals surface area contributed by atoms with Gasteiger partial charge in [-0.25, -0.2) is 0 Å². The minimum absolute atomic E-state index is 0.329. The predicted octanol–water partition coefficient (Wildman–Crippen LogP) is 5.16. The lowest BCUT2D eigenvalue weighted by atomic mass is 9.56. The van der Waals surface area contributed by atoms with Gasteiger partial charge >= 0.3 is 0 Å². The topological polar surface area (TPSA) is 18.5 Å². The normalized spacial score (nSPS) is 35.2. The van der Waals surface area contributed by atoms with Crippen molar-refractivity contribution in [2.24, 2.45) is 34.5 Å². The Morgan fingerprint density at radius 2 is 1.55 bits per heavy atom. The van der Waals surface area contributed by atoms with Crippen molar-refractivity contribution in [1.82, 2.24) is 0 Å². The van der Waals surface area contributed by atoms with E-state index in [2.05, 4.69) is 55.4 Å². The Morgan fingerprint density at radius 1 is 0.955 bits per heavy atom. The number of fused-ring (bicyclic) bond motifs is 1. The summed E-state index contributed by atoms with van der Waals surface area (Å²) in [5, 5.41) is 0. The number of hydrogen-bond acceptors (Lipinski definition) is 2. The van der Waals surface area contributed by atoms with Crippen molar-refractivity contribution in [3.05, 3.63) is 0 Å². The lowest BCUT2D eigenvalue weighted by molar-refractivity contribution is -0.0141. The molecule has 2 heterocycles. The molecule has 5 unspecified atom stereocenters. The van der Waals surface area contributed by atoms with Crippen LogP contribution in [0.2, 0.25) is 0 Å². The molecular weight excluding hydrogens is 272 g/mol. The summed E-state index contributed by atoms with van der Waals surface area (Å²) in [6, 6.07) is 0. The van der Waals surface area contributed by atoms with E-state index in [4.69, 9.17) is 9.47 Å². The fourth-order valence-electron chi connectivity index (χ4n) is 4.49. The van der Waals surface area contributed by atoms with Gasteiger partial charge in [-0.1, -0.05) is 61.8 Å². The van der Waals surface area contributed by atoms with Crippen LogP contribution in [0, 0.1) is 34.5 Å². The van der Waals surface area contributed by atoms with E-state index in [1.165, 1.54) is 12.8 Å². The summed E-state index contributed by atoms with van der Waals surface area (Å²) >= 11 is 0. The van der Waals surface area contributed by atoms with Gasteiger partial charge in [0.05, 0.1) is 25.4 Å². The van der Waals surface area contributed by atoms with Crippen LogP contribution >= 0.6 is 0 Å². The van der Waals surface area contributed by atoms with Gasteiger partial charge in [0.15, 0.2) is 0 Å². The van der Waals surface area contributed by atoms with Gasteiger partial charge in [0.2, 0.25) is 0 Å². The summed E-state index contributed by atoms with van der Waals surface area (Å²) in [5.74, 6) is 2.49. The smallest absolute Gasteiger partial charge is 0.0892 e. The van der Waals surface area contributed by atoms with Crippen molar-refractivity contribution < 1.29 is 9.47 Å². The van der Waals surface area contributed by atoms with Gasteiger partial charge in [-0.15, -0.1) is 0 Å². The quantitative estimate of drug-likeness (QED) is 0.674. The summed E-state index contributed by atoms with van der Waals surface area (Å²) in [4.78, 5) is 0. The average Bonchev–Trinajstić information content (AvgIpc) is 3.00. The van der Waals surface area contributed by atoms with E-state index < -0.39 is 0 Å². The van der Waals surface area contributed by atoms with Gasteiger partial charge in [0.1, 0.15) is 0 Å². The third-order valence-corrected chi connectivity index (χ3v) is 7.54. The zero-order chi connectivity index (χ0) is 16.7. The molecule has 130 valence electrons. The molecule has 2 heteroatoms. The molecule has 0 spiro atoms. The van der Waals surface area contributed by atoms with Crippen LogP contribution in [0.4, 0.5) is 0 Å². The van der Waals surface area contributed by atoms with Crippen LogP contribution in [0.3, 0.4) is 0 Å². The molecule has 0 N–H and O–H groups in total. The standard InChI is InChI=1S/C20H38O2/c1-9-20(8,19(6,7)14(4)5)10-15-11-21-18-16(13(2)3)12-22-17(15)18/h13-18H,9-12H2,1-8H3. The second kappa shape index (κ2) is 6.43. The van der Waals surface area contributed by atoms with Gasteiger partial charge in [-0.05, 0) is 29.1 Å². The largest absolute Gasteiger partial charge is 0.375 e. The summed E-state index contributed by atoms with van der Waals surface area (Å²) in [6.45, 7) is 20.8. The van der Waals surface area contributed by atoms with E-state index in [1.54, 1.807) is 0 Å². The maximum absolute atomic E-state index is 6.20. The van der Waals surface area contributed by atoms with Crippen molar-refractivity contribution in [2.45, 2.75) is 80.4 Å². The summed E-state index contributed by atoms with van der Waals surface area (Å²) in [5.41, 5.74) is 0.666. The molecule has 0 aliphatic carbocycles. The molecule has 2 rings (SSSR count). The molecule has 0 aromatic carbocycles. The van der Waals surface area contributed by atoms with Crippen molar-refractivity contribution in [3.8, 4) is 0 Å². The van der Waals surface area contributed by atoms with Crippen LogP contribution in [0.5, 0.6) is 0 Å². The Labute approximate surface area is 138 Å². The van der Waals surface area contributed by atoms with Crippen molar-refractivity contribution in [2.75, 3.05) is 13.2 Å². The van der Waals surface area contributed by atoms with Gasteiger partial charge in [-0.2, -0.15) is 0 Å². The highest BCUT2D eigenvalue weighted by Gasteiger charge is 2.52. The Balaban J connectivity index is 2.11. The highest BCUT2D eigenvalue weighted by Crippen LogP contribution is 2.53. The van der Waals surface area contributed by atoms with E-state index in [0.717, 1.165) is 13.2 Å². The molecule has 0 aromatic heterocycles. The zero-order valence-electron chi connectivity index (χ0n) is 16.1. The maximum Gasteiger partial charge on any atom is 0.0892 e. The predicted molar refractivity (Wildman–Crippen MR) is 92.9 cm³/mol. The molecule has 0 bridgehead atoms. The highest BCUT2D eigenvalue weighted by molar-refractivity contribution is 4.99. The summed E-state index contributed by atoms with van der Waals surface area (Å²) in [6.07, 6.45) is 3.12. The Kier molecular flexibility index (Phi) is 5.34. The molecule has 0 aromatic rings. The summed E-state index contributed by atoms with van der Waals surface area (Å²) < 4.78 is 12.4. The minimum Gasteiger partial charge on any atom is -0.375 e. The second-order valence-electron chi connectivity index (χ2n) is 9.26. The average molecular weight is 311 g/mol. The maximum atomic E-state index is 6.20. The number of ether oxygens (including phenoxy) is 2. The Morgan fingerprint density at radius 3 is 2.05 bits per heavy atom. The van der Waals surface area contributed by atoms with E-state index >= 15 is 0 Å². The van der Waals surface area contributed by atoms with Crippen molar-refractivity contribution in [3.63, 3.8) is 0 Å². The molecule has 2 saturated heterocycles. The molecule has 5 atom stereocenters.